The zero-order valence-electron chi connectivity index (χ0n) is 13.4. The second-order valence-electron chi connectivity index (χ2n) is 6.98. The summed E-state index contributed by atoms with van der Waals surface area (Å²) in [6.45, 7) is 3.87. The molecule has 6 rings (SSSR count). The number of carbonyl (C=O) groups is 1. The van der Waals surface area contributed by atoms with Gasteiger partial charge in [-0.05, 0) is 55.3 Å². The first-order valence-corrected chi connectivity index (χ1v) is 9.33. The molecule has 1 unspecified atom stereocenters. The fraction of sp³-hybridized carbons (Fsp3) is 0.444. The van der Waals surface area contributed by atoms with Crippen LogP contribution in [0.5, 0.6) is 0 Å². The fourth-order valence-electron chi connectivity index (χ4n) is 4.34. The van der Waals surface area contributed by atoms with Gasteiger partial charge >= 0.3 is 6.09 Å². The minimum absolute atomic E-state index is 0.188. The average Bonchev–Trinajstić information content (AvgIpc) is 3.22. The quantitative estimate of drug-likeness (QED) is 0.841. The van der Waals surface area contributed by atoms with E-state index < -0.39 is 0 Å². The van der Waals surface area contributed by atoms with E-state index in [0.717, 1.165) is 48.6 Å². The van der Waals surface area contributed by atoms with Gasteiger partial charge in [-0.3, -0.25) is 14.8 Å². The first-order chi connectivity index (χ1) is 11.7. The predicted octanol–water partition coefficient (Wildman–Crippen LogP) is 3.23. The van der Waals surface area contributed by atoms with Crippen LogP contribution in [0.15, 0.2) is 36.0 Å². The smallest absolute Gasteiger partial charge is 0.415 e. The molecule has 124 valence electrons. The van der Waals surface area contributed by atoms with Crippen LogP contribution in [0.25, 0.3) is 11.1 Å². The molecule has 5 nitrogen and oxygen atoms in total. The predicted molar refractivity (Wildman–Crippen MR) is 93.3 cm³/mol. The van der Waals surface area contributed by atoms with Gasteiger partial charge in [-0.15, -0.1) is 11.3 Å². The number of thiophene rings is 1. The van der Waals surface area contributed by atoms with Crippen molar-refractivity contribution in [2.75, 3.05) is 31.1 Å². The van der Waals surface area contributed by atoms with Crippen LogP contribution >= 0.6 is 11.3 Å². The summed E-state index contributed by atoms with van der Waals surface area (Å²) in [5.74, 6) is 0.510. The lowest BCUT2D eigenvalue weighted by Gasteiger charge is -2.49. The molecule has 2 aromatic heterocycles. The number of fused-ring (bicyclic) bond motifs is 2. The number of amides is 1. The minimum Gasteiger partial charge on any atom is -0.439 e. The first kappa shape index (κ1) is 14.4. The van der Waals surface area contributed by atoms with Gasteiger partial charge in [0.2, 0.25) is 0 Å². The third-order valence-corrected chi connectivity index (χ3v) is 6.58. The Kier molecular flexibility index (Phi) is 3.18. The summed E-state index contributed by atoms with van der Waals surface area (Å²) in [6, 6.07) is 6.06. The van der Waals surface area contributed by atoms with Gasteiger partial charge in [0.05, 0.1) is 6.54 Å². The summed E-state index contributed by atoms with van der Waals surface area (Å²) in [6.07, 6.45) is 5.69. The molecule has 6 heterocycles. The lowest BCUT2D eigenvalue weighted by Crippen LogP contribution is -2.61. The summed E-state index contributed by atoms with van der Waals surface area (Å²) >= 11 is 1.60. The molecule has 1 spiro atoms. The van der Waals surface area contributed by atoms with Crippen molar-refractivity contribution in [2.24, 2.45) is 5.92 Å². The van der Waals surface area contributed by atoms with Gasteiger partial charge < -0.3 is 4.74 Å². The first-order valence-electron chi connectivity index (χ1n) is 8.45. The Bertz CT molecular complexity index is 770. The van der Waals surface area contributed by atoms with Crippen molar-refractivity contribution < 1.29 is 9.53 Å². The molecule has 0 saturated carbocycles. The van der Waals surface area contributed by atoms with E-state index in [4.69, 9.17) is 4.74 Å². The molecule has 4 saturated heterocycles. The van der Waals surface area contributed by atoms with Gasteiger partial charge in [-0.2, -0.15) is 0 Å². The third-order valence-electron chi connectivity index (χ3n) is 5.62. The normalized spacial score (nSPS) is 31.7. The van der Waals surface area contributed by atoms with E-state index in [2.05, 4.69) is 21.3 Å². The highest BCUT2D eigenvalue weighted by molar-refractivity contribution is 7.14. The Morgan fingerprint density at radius 2 is 1.96 bits per heavy atom. The van der Waals surface area contributed by atoms with Crippen LogP contribution < -0.4 is 4.90 Å². The second-order valence-corrected chi connectivity index (χ2v) is 7.87. The number of rotatable bonds is 2. The molecule has 4 aliphatic rings. The molecule has 1 amide bonds. The molecule has 0 aliphatic carbocycles. The number of hydrogen-bond acceptors (Lipinski definition) is 5. The summed E-state index contributed by atoms with van der Waals surface area (Å²) in [7, 11) is 0. The largest absolute Gasteiger partial charge is 0.439 e. The van der Waals surface area contributed by atoms with Crippen molar-refractivity contribution in [3.63, 3.8) is 0 Å². The van der Waals surface area contributed by atoms with Crippen molar-refractivity contribution in [1.29, 1.82) is 0 Å². The van der Waals surface area contributed by atoms with Gasteiger partial charge in [0.1, 0.15) is 10.6 Å². The molecule has 0 N–H and O–H groups in total. The molecule has 2 bridgehead atoms. The summed E-state index contributed by atoms with van der Waals surface area (Å²) < 4.78 is 5.95. The highest BCUT2D eigenvalue weighted by atomic mass is 32.1. The van der Waals surface area contributed by atoms with Crippen molar-refractivity contribution in [2.45, 2.75) is 18.4 Å². The molecule has 4 fully saturated rings. The Labute approximate surface area is 144 Å². The van der Waals surface area contributed by atoms with Crippen molar-refractivity contribution in [1.82, 2.24) is 9.88 Å². The van der Waals surface area contributed by atoms with E-state index in [9.17, 15) is 4.79 Å². The van der Waals surface area contributed by atoms with Crippen LogP contribution in [0.4, 0.5) is 9.80 Å². The van der Waals surface area contributed by atoms with Gasteiger partial charge in [0.25, 0.3) is 0 Å². The number of hydrogen-bond donors (Lipinski definition) is 0. The Morgan fingerprint density at radius 1 is 1.17 bits per heavy atom. The molecular formula is C18H19N3O2S. The van der Waals surface area contributed by atoms with Crippen LogP contribution in [-0.4, -0.2) is 47.8 Å². The van der Waals surface area contributed by atoms with Crippen LogP contribution in [0.3, 0.4) is 0 Å². The maximum Gasteiger partial charge on any atom is 0.415 e. The number of carbonyl (C=O) groups excluding carboxylic acids is 1. The van der Waals surface area contributed by atoms with E-state index in [0.29, 0.717) is 12.5 Å². The Morgan fingerprint density at radius 3 is 2.67 bits per heavy atom. The Hall–Kier alpha value is -1.92. The fourth-order valence-corrected chi connectivity index (χ4v) is 5.26. The number of aromatic nitrogens is 1. The highest BCUT2D eigenvalue weighted by Gasteiger charge is 2.55. The molecular weight excluding hydrogens is 322 g/mol. The third kappa shape index (κ3) is 2.17. The number of piperidine rings is 3. The standard InChI is InChI=1S/C18H19N3O2S/c22-17-21(12-18(23-17)11-20-7-3-15(18)4-8-20)16-9-14(10-24-16)13-1-5-19-6-2-13/h1-2,5-6,9-10,15H,3-4,7-8,11-12H2. The van der Waals surface area contributed by atoms with E-state index >= 15 is 0 Å². The van der Waals surface area contributed by atoms with Crippen LogP contribution in [-0.2, 0) is 4.74 Å². The highest BCUT2D eigenvalue weighted by Crippen LogP contribution is 2.44. The van der Waals surface area contributed by atoms with Crippen LogP contribution in [0, 0.1) is 5.92 Å². The zero-order chi connectivity index (χ0) is 16.1. The molecule has 6 heteroatoms. The summed E-state index contributed by atoms with van der Waals surface area (Å²) in [4.78, 5) is 20.9. The lowest BCUT2D eigenvalue weighted by molar-refractivity contribution is -0.0881. The molecule has 0 aromatic carbocycles. The molecule has 4 aliphatic heterocycles. The van der Waals surface area contributed by atoms with Crippen LogP contribution in [0.2, 0.25) is 0 Å². The summed E-state index contributed by atoms with van der Waals surface area (Å²) in [5.41, 5.74) is 1.95. The van der Waals surface area contributed by atoms with Gasteiger partial charge in [-0.25, -0.2) is 4.79 Å². The van der Waals surface area contributed by atoms with Gasteiger partial charge in [0, 0.05) is 30.2 Å². The lowest BCUT2D eigenvalue weighted by atomic mass is 9.75. The SMILES string of the molecule is O=C1OC2(CN3CCC2CC3)CN1c1cc(-c2ccncc2)cs1. The van der Waals surface area contributed by atoms with Crippen LogP contribution in [0.1, 0.15) is 12.8 Å². The van der Waals surface area contributed by atoms with Crippen molar-refractivity contribution >= 4 is 22.4 Å². The topological polar surface area (TPSA) is 45.7 Å². The van der Waals surface area contributed by atoms with Crippen molar-refractivity contribution in [3.8, 4) is 11.1 Å². The van der Waals surface area contributed by atoms with E-state index in [1.165, 1.54) is 0 Å². The number of nitrogens with zero attached hydrogens (tertiary/aromatic N) is 3. The molecule has 1 atom stereocenters. The van der Waals surface area contributed by atoms with Gasteiger partial charge in [-0.1, -0.05) is 0 Å². The van der Waals surface area contributed by atoms with Crippen molar-refractivity contribution in [3.05, 3.63) is 36.0 Å². The van der Waals surface area contributed by atoms with E-state index in [1.54, 1.807) is 23.7 Å². The maximum absolute atomic E-state index is 12.6. The average molecular weight is 341 g/mol. The Balaban J connectivity index is 1.42. The second kappa shape index (κ2) is 5.29. The number of ether oxygens (including phenoxy) is 1. The number of pyridine rings is 1. The molecule has 24 heavy (non-hydrogen) atoms. The molecule has 0 radical (unpaired) electrons. The monoisotopic (exact) mass is 341 g/mol. The number of anilines is 1. The van der Waals surface area contributed by atoms with E-state index in [1.807, 2.05) is 17.0 Å². The maximum atomic E-state index is 12.6. The zero-order valence-corrected chi connectivity index (χ0v) is 14.2. The molecule has 2 aromatic rings. The van der Waals surface area contributed by atoms with Gasteiger partial charge in [0.15, 0.2) is 0 Å². The van der Waals surface area contributed by atoms with E-state index in [-0.39, 0.29) is 11.7 Å². The summed E-state index contributed by atoms with van der Waals surface area (Å²) in [5, 5.41) is 3.07. The minimum atomic E-state index is -0.297.